The number of hydrogen-bond donors (Lipinski definition) is 0. The van der Waals surface area contributed by atoms with Gasteiger partial charge in [0.1, 0.15) is 0 Å². The molecule has 1 saturated heterocycles. The predicted molar refractivity (Wildman–Crippen MR) is 68.7 cm³/mol. The van der Waals surface area contributed by atoms with Gasteiger partial charge in [-0.2, -0.15) is 0 Å². The Hall–Kier alpha value is -0.560. The molecule has 3 atom stereocenters. The van der Waals surface area contributed by atoms with E-state index in [9.17, 15) is 0 Å². The first-order valence-electron chi connectivity index (χ1n) is 7.33. The lowest BCUT2D eigenvalue weighted by molar-refractivity contribution is -0.127. The second-order valence-corrected chi connectivity index (χ2v) is 6.54. The van der Waals surface area contributed by atoms with Crippen LogP contribution >= 0.6 is 0 Å². The molecule has 2 saturated carbocycles. The normalized spacial score (nSPS) is 46.5. The molecule has 0 amide bonds. The van der Waals surface area contributed by atoms with E-state index in [0.29, 0.717) is 17.4 Å². The lowest BCUT2D eigenvalue weighted by Gasteiger charge is -2.52. The zero-order chi connectivity index (χ0) is 11.5. The molecule has 0 aromatic rings. The minimum atomic E-state index is 0.0739. The van der Waals surface area contributed by atoms with E-state index in [-0.39, 0.29) is 5.60 Å². The maximum atomic E-state index is 6.50. The Balaban J connectivity index is 1.78. The van der Waals surface area contributed by atoms with Crippen molar-refractivity contribution in [2.75, 3.05) is 0 Å². The standard InChI is InChI=1S/C16H22O/c1-12-13-6-5-10-16(13)11-7-14(17-16)15(12)8-3-2-4-9-15/h7,11,13-14H,1-6,8-10H2/t13-,14-,16-/m1/s1. The van der Waals surface area contributed by atoms with Gasteiger partial charge in [-0.15, -0.1) is 0 Å². The van der Waals surface area contributed by atoms with Crippen LogP contribution in [0.2, 0.25) is 0 Å². The third-order valence-corrected chi connectivity index (χ3v) is 5.90. The number of rotatable bonds is 0. The van der Waals surface area contributed by atoms with Gasteiger partial charge in [0.15, 0.2) is 0 Å². The first-order chi connectivity index (χ1) is 8.27. The first-order valence-corrected chi connectivity index (χ1v) is 7.33. The van der Waals surface area contributed by atoms with Gasteiger partial charge in [-0.1, -0.05) is 43.6 Å². The monoisotopic (exact) mass is 230 g/mol. The quantitative estimate of drug-likeness (QED) is 0.571. The number of ether oxygens (including phenoxy) is 1. The van der Waals surface area contributed by atoms with Crippen LogP contribution in [0.4, 0.5) is 0 Å². The minimum absolute atomic E-state index is 0.0739. The molecular formula is C16H22O. The smallest absolute Gasteiger partial charge is 0.0936 e. The predicted octanol–water partition coefficient (Wildman–Crippen LogP) is 4.00. The van der Waals surface area contributed by atoms with Crippen molar-refractivity contribution >= 4 is 0 Å². The Labute approximate surface area is 104 Å². The molecule has 2 heterocycles. The Morgan fingerprint density at radius 2 is 1.94 bits per heavy atom. The highest BCUT2D eigenvalue weighted by Crippen LogP contribution is 2.62. The van der Waals surface area contributed by atoms with Crippen molar-refractivity contribution in [2.45, 2.75) is 63.1 Å². The van der Waals surface area contributed by atoms with Crippen LogP contribution in [0.5, 0.6) is 0 Å². The second kappa shape index (κ2) is 3.26. The Morgan fingerprint density at radius 1 is 1.12 bits per heavy atom. The topological polar surface area (TPSA) is 9.23 Å². The molecule has 1 heteroatoms. The van der Waals surface area contributed by atoms with Crippen molar-refractivity contribution in [3.8, 4) is 0 Å². The molecule has 2 aliphatic heterocycles. The molecule has 2 spiro atoms. The zero-order valence-corrected chi connectivity index (χ0v) is 10.6. The molecule has 0 unspecified atom stereocenters. The van der Waals surface area contributed by atoms with E-state index in [4.69, 9.17) is 4.74 Å². The fraction of sp³-hybridized carbons (Fsp3) is 0.750. The molecular weight excluding hydrogens is 208 g/mol. The molecule has 3 fully saturated rings. The zero-order valence-electron chi connectivity index (χ0n) is 10.6. The van der Waals surface area contributed by atoms with Gasteiger partial charge < -0.3 is 4.74 Å². The van der Waals surface area contributed by atoms with Crippen LogP contribution in [-0.4, -0.2) is 11.7 Å². The molecule has 0 aromatic heterocycles. The Bertz CT molecular complexity index is 388. The van der Waals surface area contributed by atoms with E-state index < -0.39 is 0 Å². The van der Waals surface area contributed by atoms with E-state index in [0.717, 1.165) is 0 Å². The van der Waals surface area contributed by atoms with Gasteiger partial charge in [-0.3, -0.25) is 0 Å². The van der Waals surface area contributed by atoms with Gasteiger partial charge in [-0.25, -0.2) is 0 Å². The van der Waals surface area contributed by atoms with Crippen LogP contribution in [0.3, 0.4) is 0 Å². The fourth-order valence-electron chi connectivity index (χ4n) is 4.99. The highest BCUT2D eigenvalue weighted by molar-refractivity contribution is 5.36. The average Bonchev–Trinajstić information content (AvgIpc) is 2.96. The summed E-state index contributed by atoms with van der Waals surface area (Å²) in [5.74, 6) is 0.621. The molecule has 2 bridgehead atoms. The van der Waals surface area contributed by atoms with Crippen LogP contribution in [0, 0.1) is 11.3 Å². The maximum absolute atomic E-state index is 6.50. The van der Waals surface area contributed by atoms with E-state index in [1.165, 1.54) is 51.4 Å². The summed E-state index contributed by atoms with van der Waals surface area (Å²) in [5, 5.41) is 0. The summed E-state index contributed by atoms with van der Waals surface area (Å²) >= 11 is 0. The third kappa shape index (κ3) is 1.14. The molecule has 2 aliphatic carbocycles. The molecule has 1 nitrogen and oxygen atoms in total. The van der Waals surface area contributed by atoms with Crippen molar-refractivity contribution < 1.29 is 4.74 Å². The van der Waals surface area contributed by atoms with Crippen LogP contribution in [0.15, 0.2) is 24.3 Å². The van der Waals surface area contributed by atoms with Crippen molar-refractivity contribution in [2.24, 2.45) is 11.3 Å². The van der Waals surface area contributed by atoms with Crippen molar-refractivity contribution in [1.29, 1.82) is 0 Å². The Morgan fingerprint density at radius 3 is 2.76 bits per heavy atom. The van der Waals surface area contributed by atoms with Gasteiger partial charge in [-0.05, 0) is 32.1 Å². The van der Waals surface area contributed by atoms with Gasteiger partial charge in [0.2, 0.25) is 0 Å². The highest BCUT2D eigenvalue weighted by atomic mass is 16.5. The van der Waals surface area contributed by atoms with Gasteiger partial charge >= 0.3 is 0 Å². The molecule has 0 radical (unpaired) electrons. The van der Waals surface area contributed by atoms with Gasteiger partial charge in [0.05, 0.1) is 11.7 Å². The SMILES string of the molecule is C=C1[C@H]2CCC[C@@]23C=C[C@@H](O3)C12CCCCC2. The van der Waals surface area contributed by atoms with Crippen molar-refractivity contribution in [3.05, 3.63) is 24.3 Å². The lowest BCUT2D eigenvalue weighted by atomic mass is 9.61. The molecule has 17 heavy (non-hydrogen) atoms. The summed E-state index contributed by atoms with van der Waals surface area (Å²) in [6, 6.07) is 0. The third-order valence-electron chi connectivity index (χ3n) is 5.90. The van der Waals surface area contributed by atoms with Crippen molar-refractivity contribution in [3.63, 3.8) is 0 Å². The van der Waals surface area contributed by atoms with Crippen molar-refractivity contribution in [1.82, 2.24) is 0 Å². The van der Waals surface area contributed by atoms with E-state index in [2.05, 4.69) is 18.7 Å². The number of fused-ring (bicyclic) bond motifs is 2. The summed E-state index contributed by atoms with van der Waals surface area (Å²) < 4.78 is 6.50. The molecule has 0 N–H and O–H groups in total. The summed E-state index contributed by atoms with van der Waals surface area (Å²) in [6.45, 7) is 4.55. The average molecular weight is 230 g/mol. The van der Waals surface area contributed by atoms with Crippen LogP contribution in [0.25, 0.3) is 0 Å². The summed E-state index contributed by atoms with van der Waals surface area (Å²) in [7, 11) is 0. The van der Waals surface area contributed by atoms with Gasteiger partial charge in [0, 0.05) is 11.3 Å². The van der Waals surface area contributed by atoms with E-state index >= 15 is 0 Å². The number of hydrogen-bond acceptors (Lipinski definition) is 1. The lowest BCUT2D eigenvalue weighted by Crippen LogP contribution is -2.51. The minimum Gasteiger partial charge on any atom is -0.362 e. The summed E-state index contributed by atoms with van der Waals surface area (Å²) in [4.78, 5) is 0. The summed E-state index contributed by atoms with van der Waals surface area (Å²) in [6.07, 6.45) is 15.7. The molecule has 4 rings (SSSR count). The molecule has 92 valence electrons. The molecule has 4 aliphatic rings. The maximum Gasteiger partial charge on any atom is 0.0936 e. The second-order valence-electron chi connectivity index (χ2n) is 6.54. The summed E-state index contributed by atoms with van der Waals surface area (Å²) in [5.41, 5.74) is 1.93. The molecule has 0 aromatic carbocycles. The van der Waals surface area contributed by atoms with E-state index in [1.807, 2.05) is 0 Å². The van der Waals surface area contributed by atoms with Crippen LogP contribution < -0.4 is 0 Å². The van der Waals surface area contributed by atoms with Gasteiger partial charge in [0.25, 0.3) is 0 Å². The first kappa shape index (κ1) is 10.4. The Kier molecular flexibility index (Phi) is 1.99. The van der Waals surface area contributed by atoms with Crippen LogP contribution in [-0.2, 0) is 4.74 Å². The highest BCUT2D eigenvalue weighted by Gasteiger charge is 2.60. The largest absolute Gasteiger partial charge is 0.362 e. The van der Waals surface area contributed by atoms with Crippen LogP contribution in [0.1, 0.15) is 51.4 Å². The van der Waals surface area contributed by atoms with E-state index in [1.54, 1.807) is 5.57 Å². The fourth-order valence-corrected chi connectivity index (χ4v) is 4.99.